The van der Waals surface area contributed by atoms with Gasteiger partial charge in [-0.05, 0) is 36.2 Å². The van der Waals surface area contributed by atoms with Crippen molar-refractivity contribution in [3.05, 3.63) is 41.4 Å². The van der Waals surface area contributed by atoms with Crippen LogP contribution in [0.1, 0.15) is 12.5 Å². The number of nitrogens with one attached hydrogen (secondary N) is 2. The van der Waals surface area contributed by atoms with Crippen molar-refractivity contribution in [2.45, 2.75) is 13.5 Å². The van der Waals surface area contributed by atoms with Gasteiger partial charge in [0.2, 0.25) is 5.28 Å². The van der Waals surface area contributed by atoms with Crippen molar-refractivity contribution < 1.29 is 4.74 Å². The van der Waals surface area contributed by atoms with E-state index in [9.17, 15) is 0 Å². The molecule has 2 aromatic heterocycles. The fourth-order valence-corrected chi connectivity index (χ4v) is 2.20. The maximum absolute atomic E-state index is 5.89. The lowest BCUT2D eigenvalue weighted by Crippen LogP contribution is -2.03. The van der Waals surface area contributed by atoms with Crippen LogP contribution in [0.25, 0.3) is 11.2 Å². The largest absolute Gasteiger partial charge is 0.494 e. The Morgan fingerprint density at radius 2 is 2.24 bits per heavy atom. The monoisotopic (exact) mass is 303 g/mol. The van der Waals surface area contributed by atoms with Gasteiger partial charge in [0.05, 0.1) is 12.9 Å². The lowest BCUT2D eigenvalue weighted by Gasteiger charge is -2.08. The molecule has 0 aliphatic heterocycles. The fourth-order valence-electron chi connectivity index (χ4n) is 2.03. The van der Waals surface area contributed by atoms with Crippen LogP contribution in [0.2, 0.25) is 5.28 Å². The summed E-state index contributed by atoms with van der Waals surface area (Å²) in [6.45, 7) is 3.21. The van der Waals surface area contributed by atoms with E-state index in [-0.39, 0.29) is 5.28 Å². The molecule has 21 heavy (non-hydrogen) atoms. The molecule has 0 radical (unpaired) electrons. The number of aromatic amines is 1. The number of hydrogen-bond donors (Lipinski definition) is 2. The number of imidazole rings is 1. The zero-order valence-corrected chi connectivity index (χ0v) is 12.2. The van der Waals surface area contributed by atoms with Crippen LogP contribution in [0.5, 0.6) is 5.75 Å². The Labute approximate surface area is 126 Å². The van der Waals surface area contributed by atoms with Gasteiger partial charge in [0.1, 0.15) is 11.3 Å². The number of nitrogens with zero attached hydrogens (tertiary/aromatic N) is 3. The number of aromatic nitrogens is 4. The number of anilines is 1. The summed E-state index contributed by atoms with van der Waals surface area (Å²) in [5.74, 6) is 1.48. The van der Waals surface area contributed by atoms with Gasteiger partial charge >= 0.3 is 0 Å². The minimum absolute atomic E-state index is 0.167. The third kappa shape index (κ3) is 3.05. The van der Waals surface area contributed by atoms with E-state index in [4.69, 9.17) is 16.3 Å². The van der Waals surface area contributed by atoms with Gasteiger partial charge in [-0.3, -0.25) is 0 Å². The van der Waals surface area contributed by atoms with Gasteiger partial charge < -0.3 is 15.0 Å². The van der Waals surface area contributed by atoms with Crippen LogP contribution in [-0.4, -0.2) is 26.5 Å². The molecule has 0 bridgehead atoms. The molecule has 0 unspecified atom stereocenters. The lowest BCUT2D eigenvalue weighted by molar-refractivity contribution is 0.340. The van der Waals surface area contributed by atoms with Gasteiger partial charge in [-0.2, -0.15) is 9.97 Å². The second kappa shape index (κ2) is 5.97. The first kappa shape index (κ1) is 13.6. The van der Waals surface area contributed by atoms with Gasteiger partial charge in [0.25, 0.3) is 0 Å². The van der Waals surface area contributed by atoms with Crippen molar-refractivity contribution in [3.63, 3.8) is 0 Å². The summed E-state index contributed by atoms with van der Waals surface area (Å²) in [6.07, 6.45) is 1.57. The fraction of sp³-hybridized carbons (Fsp3) is 0.214. The molecule has 6 nitrogen and oxygen atoms in total. The van der Waals surface area contributed by atoms with Gasteiger partial charge in [-0.1, -0.05) is 12.1 Å². The van der Waals surface area contributed by atoms with Crippen molar-refractivity contribution >= 4 is 28.6 Å². The molecule has 0 aliphatic rings. The average Bonchev–Trinajstić information content (AvgIpc) is 2.93. The van der Waals surface area contributed by atoms with Crippen molar-refractivity contribution in [3.8, 4) is 5.75 Å². The second-order valence-electron chi connectivity index (χ2n) is 4.38. The predicted molar refractivity (Wildman–Crippen MR) is 81.6 cm³/mol. The van der Waals surface area contributed by atoms with Crippen LogP contribution < -0.4 is 10.1 Å². The maximum Gasteiger partial charge on any atom is 0.226 e. The first-order chi connectivity index (χ1) is 10.3. The quantitative estimate of drug-likeness (QED) is 0.709. The highest BCUT2D eigenvalue weighted by molar-refractivity contribution is 6.28. The predicted octanol–water partition coefficient (Wildman–Crippen LogP) is 3.02. The number of ether oxygens (including phenoxy) is 1. The van der Waals surface area contributed by atoms with Crippen molar-refractivity contribution in [2.75, 3.05) is 11.9 Å². The molecule has 2 heterocycles. The molecule has 3 aromatic rings. The molecule has 1 aromatic carbocycles. The second-order valence-corrected chi connectivity index (χ2v) is 4.71. The third-order valence-electron chi connectivity index (χ3n) is 2.93. The smallest absolute Gasteiger partial charge is 0.226 e. The SMILES string of the molecule is CCOc1cccc(CNc2nc(Cl)nc3nc[nH]c23)c1. The average molecular weight is 304 g/mol. The van der Waals surface area contributed by atoms with Crippen LogP contribution in [-0.2, 0) is 6.54 Å². The Kier molecular flexibility index (Phi) is 3.87. The molecule has 0 saturated carbocycles. The Morgan fingerprint density at radius 1 is 1.33 bits per heavy atom. The van der Waals surface area contributed by atoms with Crippen LogP contribution in [0.15, 0.2) is 30.6 Å². The van der Waals surface area contributed by atoms with E-state index >= 15 is 0 Å². The van der Waals surface area contributed by atoms with Crippen LogP contribution in [0, 0.1) is 0 Å². The molecule has 0 aliphatic carbocycles. The minimum atomic E-state index is 0.167. The van der Waals surface area contributed by atoms with Gasteiger partial charge in [0, 0.05) is 6.54 Å². The van der Waals surface area contributed by atoms with Gasteiger partial charge in [-0.25, -0.2) is 4.98 Å². The molecular weight excluding hydrogens is 290 g/mol. The van der Waals surface area contributed by atoms with E-state index in [2.05, 4.69) is 25.3 Å². The molecule has 0 atom stereocenters. The summed E-state index contributed by atoms with van der Waals surface area (Å²) in [6, 6.07) is 7.90. The Balaban J connectivity index is 1.80. The Morgan fingerprint density at radius 3 is 3.10 bits per heavy atom. The molecule has 7 heteroatoms. The highest BCUT2D eigenvalue weighted by Gasteiger charge is 2.08. The molecule has 108 valence electrons. The molecule has 2 N–H and O–H groups in total. The van der Waals surface area contributed by atoms with Crippen molar-refractivity contribution in [1.29, 1.82) is 0 Å². The highest BCUT2D eigenvalue weighted by Crippen LogP contribution is 2.20. The summed E-state index contributed by atoms with van der Waals surface area (Å²) in [7, 11) is 0. The maximum atomic E-state index is 5.89. The van der Waals surface area contributed by atoms with E-state index in [1.165, 1.54) is 0 Å². The Bertz CT molecular complexity index is 758. The normalized spacial score (nSPS) is 10.8. The highest BCUT2D eigenvalue weighted by atomic mass is 35.5. The summed E-state index contributed by atoms with van der Waals surface area (Å²) >= 11 is 5.89. The Hall–Kier alpha value is -2.34. The first-order valence-electron chi connectivity index (χ1n) is 6.58. The zero-order valence-electron chi connectivity index (χ0n) is 11.4. The molecule has 0 saturated heterocycles. The number of H-pyrrole nitrogens is 1. The number of halogens is 1. The summed E-state index contributed by atoms with van der Waals surface area (Å²) in [5.41, 5.74) is 2.37. The van der Waals surface area contributed by atoms with Crippen LogP contribution >= 0.6 is 11.6 Å². The topological polar surface area (TPSA) is 75.7 Å². The van der Waals surface area contributed by atoms with Gasteiger partial charge in [0.15, 0.2) is 11.5 Å². The summed E-state index contributed by atoms with van der Waals surface area (Å²) < 4.78 is 5.48. The molecule has 3 rings (SSSR count). The van der Waals surface area contributed by atoms with Crippen molar-refractivity contribution in [1.82, 2.24) is 19.9 Å². The zero-order chi connectivity index (χ0) is 14.7. The molecule has 0 spiro atoms. The van der Waals surface area contributed by atoms with E-state index in [1.54, 1.807) is 6.33 Å². The summed E-state index contributed by atoms with van der Waals surface area (Å²) in [4.78, 5) is 15.3. The standard InChI is InChI=1S/C14H14ClN5O/c1-2-21-10-5-3-4-9(6-10)7-16-12-11-13(18-8-17-11)20-14(15)19-12/h3-6,8H,2,7H2,1H3,(H2,16,17,18,19,20). The number of rotatable bonds is 5. The third-order valence-corrected chi connectivity index (χ3v) is 3.10. The van der Waals surface area contributed by atoms with E-state index in [0.717, 1.165) is 16.8 Å². The van der Waals surface area contributed by atoms with Crippen LogP contribution in [0.4, 0.5) is 5.82 Å². The molecular formula is C14H14ClN5O. The van der Waals surface area contributed by atoms with Crippen molar-refractivity contribution in [2.24, 2.45) is 0 Å². The number of hydrogen-bond acceptors (Lipinski definition) is 5. The summed E-state index contributed by atoms with van der Waals surface area (Å²) in [5, 5.41) is 3.40. The lowest BCUT2D eigenvalue weighted by atomic mass is 10.2. The van der Waals surface area contributed by atoms with Gasteiger partial charge in [-0.15, -0.1) is 0 Å². The molecule has 0 amide bonds. The molecule has 0 fully saturated rings. The first-order valence-corrected chi connectivity index (χ1v) is 6.96. The minimum Gasteiger partial charge on any atom is -0.494 e. The number of benzene rings is 1. The van der Waals surface area contributed by atoms with Crippen LogP contribution in [0.3, 0.4) is 0 Å². The van der Waals surface area contributed by atoms with E-state index < -0.39 is 0 Å². The number of fused-ring (bicyclic) bond motifs is 1. The van der Waals surface area contributed by atoms with E-state index in [0.29, 0.717) is 24.6 Å². The van der Waals surface area contributed by atoms with E-state index in [1.807, 2.05) is 31.2 Å².